The number of para-hydroxylation sites is 1. The summed E-state index contributed by atoms with van der Waals surface area (Å²) in [6, 6.07) is 12.1. The Morgan fingerprint density at radius 3 is 2.52 bits per heavy atom. The lowest BCUT2D eigenvalue weighted by Crippen LogP contribution is -2.16. The molecule has 0 bridgehead atoms. The first-order valence-corrected chi connectivity index (χ1v) is 7.61. The topological polar surface area (TPSA) is 41.1 Å². The highest BCUT2D eigenvalue weighted by Gasteiger charge is 2.30. The highest BCUT2D eigenvalue weighted by molar-refractivity contribution is 9.10. The van der Waals surface area contributed by atoms with Crippen LogP contribution in [0, 0.1) is 0 Å². The van der Waals surface area contributed by atoms with Crippen LogP contribution < -0.4 is 10.6 Å². The number of amides is 1. The second-order valence-electron chi connectivity index (χ2n) is 4.78. The summed E-state index contributed by atoms with van der Waals surface area (Å²) in [5.74, 6) is -0.226. The summed E-state index contributed by atoms with van der Waals surface area (Å²) in [4.78, 5) is 11.8. The average molecular weight is 387 g/mol. The van der Waals surface area contributed by atoms with Crippen LogP contribution in [0.1, 0.15) is 12.0 Å². The van der Waals surface area contributed by atoms with Gasteiger partial charge in [-0.15, -0.1) is 0 Å². The standard InChI is InChI=1S/C16H14BrF3N2O/c17-13-6-1-2-7-14(13)22-15(23)8-9-21-12-5-3-4-11(10-12)16(18,19)20/h1-7,10,21H,8-9H2,(H,22,23). The minimum atomic E-state index is -4.38. The molecule has 0 spiro atoms. The number of carbonyl (C=O) groups is 1. The molecule has 0 fully saturated rings. The Morgan fingerprint density at radius 1 is 1.09 bits per heavy atom. The first-order valence-electron chi connectivity index (χ1n) is 6.82. The summed E-state index contributed by atoms with van der Waals surface area (Å²) < 4.78 is 38.6. The van der Waals surface area contributed by atoms with Crippen molar-refractivity contribution in [3.8, 4) is 0 Å². The summed E-state index contributed by atoms with van der Waals surface area (Å²) in [7, 11) is 0. The second-order valence-corrected chi connectivity index (χ2v) is 5.64. The predicted molar refractivity (Wildman–Crippen MR) is 87.3 cm³/mol. The normalized spacial score (nSPS) is 11.1. The van der Waals surface area contributed by atoms with Crippen molar-refractivity contribution in [2.24, 2.45) is 0 Å². The number of nitrogens with one attached hydrogen (secondary N) is 2. The van der Waals surface area contributed by atoms with Crippen LogP contribution in [0.25, 0.3) is 0 Å². The van der Waals surface area contributed by atoms with E-state index in [4.69, 9.17) is 0 Å². The van der Waals surface area contributed by atoms with Crippen molar-refractivity contribution in [2.45, 2.75) is 12.6 Å². The molecule has 0 atom stereocenters. The Labute approximate surface area is 140 Å². The first kappa shape index (κ1) is 17.3. The van der Waals surface area contributed by atoms with Crippen molar-refractivity contribution in [1.29, 1.82) is 0 Å². The van der Waals surface area contributed by atoms with Gasteiger partial charge in [0, 0.05) is 23.1 Å². The molecule has 1 amide bonds. The molecule has 122 valence electrons. The molecule has 23 heavy (non-hydrogen) atoms. The van der Waals surface area contributed by atoms with Crippen LogP contribution in [-0.2, 0) is 11.0 Å². The Bertz CT molecular complexity index is 689. The van der Waals surface area contributed by atoms with E-state index in [-0.39, 0.29) is 18.9 Å². The van der Waals surface area contributed by atoms with Crippen LogP contribution in [0.5, 0.6) is 0 Å². The van der Waals surface area contributed by atoms with Gasteiger partial charge in [0.2, 0.25) is 5.91 Å². The van der Waals surface area contributed by atoms with Gasteiger partial charge in [-0.3, -0.25) is 4.79 Å². The van der Waals surface area contributed by atoms with Crippen molar-refractivity contribution >= 4 is 33.2 Å². The van der Waals surface area contributed by atoms with Crippen LogP contribution in [0.2, 0.25) is 0 Å². The molecular formula is C16H14BrF3N2O. The molecule has 2 rings (SSSR count). The lowest BCUT2D eigenvalue weighted by Gasteiger charge is -2.11. The largest absolute Gasteiger partial charge is 0.416 e. The molecule has 0 unspecified atom stereocenters. The quantitative estimate of drug-likeness (QED) is 0.766. The van der Waals surface area contributed by atoms with Gasteiger partial charge < -0.3 is 10.6 Å². The van der Waals surface area contributed by atoms with Gasteiger partial charge in [0.05, 0.1) is 11.3 Å². The molecule has 2 aromatic rings. The van der Waals surface area contributed by atoms with Gasteiger partial charge in [-0.2, -0.15) is 13.2 Å². The first-order chi connectivity index (χ1) is 10.9. The molecule has 0 radical (unpaired) electrons. The van der Waals surface area contributed by atoms with E-state index in [1.807, 2.05) is 6.07 Å². The lowest BCUT2D eigenvalue weighted by atomic mass is 10.2. The maximum atomic E-state index is 12.6. The van der Waals surface area contributed by atoms with Gasteiger partial charge in [0.15, 0.2) is 0 Å². The lowest BCUT2D eigenvalue weighted by molar-refractivity contribution is -0.137. The van der Waals surface area contributed by atoms with E-state index in [0.29, 0.717) is 11.4 Å². The zero-order valence-corrected chi connectivity index (χ0v) is 13.5. The summed E-state index contributed by atoms with van der Waals surface area (Å²) >= 11 is 3.32. The molecule has 0 aromatic heterocycles. The third kappa shape index (κ3) is 5.28. The molecule has 2 N–H and O–H groups in total. The second kappa shape index (κ2) is 7.50. The number of alkyl halides is 3. The maximum Gasteiger partial charge on any atom is 0.416 e. The van der Waals surface area contributed by atoms with E-state index in [1.165, 1.54) is 12.1 Å². The Kier molecular flexibility index (Phi) is 5.65. The van der Waals surface area contributed by atoms with Crippen molar-refractivity contribution in [3.63, 3.8) is 0 Å². The van der Waals surface area contributed by atoms with Crippen molar-refractivity contribution < 1.29 is 18.0 Å². The third-order valence-electron chi connectivity index (χ3n) is 3.02. The van der Waals surface area contributed by atoms with E-state index >= 15 is 0 Å². The maximum absolute atomic E-state index is 12.6. The number of carbonyl (C=O) groups excluding carboxylic acids is 1. The summed E-state index contributed by atoms with van der Waals surface area (Å²) in [5.41, 5.74) is 0.255. The molecule has 0 saturated carbocycles. The van der Waals surface area contributed by atoms with E-state index in [0.717, 1.165) is 16.6 Å². The van der Waals surface area contributed by atoms with E-state index in [1.54, 1.807) is 18.2 Å². The minimum absolute atomic E-state index is 0.136. The zero-order chi connectivity index (χ0) is 16.9. The highest BCUT2D eigenvalue weighted by atomic mass is 79.9. The SMILES string of the molecule is O=C(CCNc1cccc(C(F)(F)F)c1)Nc1ccccc1Br. The fraction of sp³-hybridized carbons (Fsp3) is 0.188. The Balaban J connectivity index is 1.85. The van der Waals surface area contributed by atoms with Crippen LogP contribution in [0.3, 0.4) is 0 Å². The van der Waals surface area contributed by atoms with Crippen molar-refractivity contribution in [3.05, 3.63) is 58.6 Å². The highest BCUT2D eigenvalue weighted by Crippen LogP contribution is 2.30. The van der Waals surface area contributed by atoms with Gasteiger partial charge in [0.1, 0.15) is 0 Å². The molecule has 3 nitrogen and oxygen atoms in total. The summed E-state index contributed by atoms with van der Waals surface area (Å²) in [6.45, 7) is 0.234. The minimum Gasteiger partial charge on any atom is -0.385 e. The van der Waals surface area contributed by atoms with Crippen LogP contribution in [-0.4, -0.2) is 12.5 Å². The molecule has 0 aliphatic heterocycles. The summed E-state index contributed by atoms with van der Waals surface area (Å²) in [5, 5.41) is 5.54. The van der Waals surface area contributed by atoms with Crippen molar-refractivity contribution in [2.75, 3.05) is 17.2 Å². The van der Waals surface area contributed by atoms with E-state index in [2.05, 4.69) is 26.6 Å². The molecular weight excluding hydrogens is 373 g/mol. The molecule has 0 heterocycles. The zero-order valence-electron chi connectivity index (χ0n) is 12.0. The monoisotopic (exact) mass is 386 g/mol. The molecule has 0 aliphatic rings. The molecule has 0 aliphatic carbocycles. The van der Waals surface area contributed by atoms with E-state index in [9.17, 15) is 18.0 Å². The predicted octanol–water partition coefficient (Wildman–Crippen LogP) is 4.91. The van der Waals surface area contributed by atoms with Gasteiger partial charge >= 0.3 is 6.18 Å². The van der Waals surface area contributed by atoms with Crippen LogP contribution in [0.4, 0.5) is 24.5 Å². The van der Waals surface area contributed by atoms with Gasteiger partial charge in [-0.25, -0.2) is 0 Å². The number of rotatable bonds is 5. The van der Waals surface area contributed by atoms with Crippen LogP contribution >= 0.6 is 15.9 Å². The van der Waals surface area contributed by atoms with E-state index < -0.39 is 11.7 Å². The van der Waals surface area contributed by atoms with Gasteiger partial charge in [-0.1, -0.05) is 18.2 Å². The van der Waals surface area contributed by atoms with Gasteiger partial charge in [0.25, 0.3) is 0 Å². The molecule has 2 aromatic carbocycles. The third-order valence-corrected chi connectivity index (χ3v) is 3.71. The average Bonchev–Trinajstić information content (AvgIpc) is 2.49. The molecule has 0 saturated heterocycles. The van der Waals surface area contributed by atoms with Crippen molar-refractivity contribution in [1.82, 2.24) is 0 Å². The summed E-state index contributed by atoms with van der Waals surface area (Å²) in [6.07, 6.45) is -4.24. The molecule has 7 heteroatoms. The van der Waals surface area contributed by atoms with Gasteiger partial charge in [-0.05, 0) is 46.3 Å². The number of anilines is 2. The number of hydrogen-bond acceptors (Lipinski definition) is 2. The fourth-order valence-corrected chi connectivity index (χ4v) is 2.29. The Morgan fingerprint density at radius 2 is 1.83 bits per heavy atom. The number of benzene rings is 2. The van der Waals surface area contributed by atoms with Crippen LogP contribution in [0.15, 0.2) is 53.0 Å². The fourth-order valence-electron chi connectivity index (χ4n) is 1.90. The Hall–Kier alpha value is -2.02. The number of hydrogen-bond donors (Lipinski definition) is 2. The smallest absolute Gasteiger partial charge is 0.385 e. The number of halogens is 4.